The van der Waals surface area contributed by atoms with Gasteiger partial charge < -0.3 is 10.4 Å². The zero-order valence-corrected chi connectivity index (χ0v) is 11.6. The minimum atomic E-state index is -0.842. The van der Waals surface area contributed by atoms with Crippen LogP contribution >= 0.6 is 11.8 Å². The lowest BCUT2D eigenvalue weighted by Gasteiger charge is -2.05. The number of nitrogens with one attached hydrogen (secondary N) is 1. The average molecular weight is 267 g/mol. The second-order valence-electron chi connectivity index (χ2n) is 4.06. The van der Waals surface area contributed by atoms with E-state index < -0.39 is 5.97 Å². The van der Waals surface area contributed by atoms with Crippen LogP contribution in [0, 0.1) is 0 Å². The molecule has 0 aliphatic rings. The number of unbranched alkanes of at least 4 members (excludes halogenated alkanes) is 2. The normalized spacial score (nSPS) is 10.5. The van der Waals surface area contributed by atoms with Gasteiger partial charge >= 0.3 is 5.97 Å². The summed E-state index contributed by atoms with van der Waals surface area (Å²) in [4.78, 5) is 11.9. The molecule has 0 aromatic heterocycles. The Kier molecular flexibility index (Phi) is 7.53. The van der Waals surface area contributed by atoms with Gasteiger partial charge in [-0.25, -0.2) is 4.79 Å². The van der Waals surface area contributed by atoms with Crippen LogP contribution in [-0.4, -0.2) is 29.9 Å². The van der Waals surface area contributed by atoms with Crippen molar-refractivity contribution >= 4 is 17.7 Å². The number of carboxylic acids is 1. The van der Waals surface area contributed by atoms with Crippen LogP contribution in [0.1, 0.15) is 36.5 Å². The Morgan fingerprint density at radius 3 is 2.78 bits per heavy atom. The van der Waals surface area contributed by atoms with Gasteiger partial charge in [0, 0.05) is 4.90 Å². The van der Waals surface area contributed by atoms with Gasteiger partial charge in [0.25, 0.3) is 0 Å². The van der Waals surface area contributed by atoms with E-state index in [-0.39, 0.29) is 0 Å². The first-order valence-corrected chi connectivity index (χ1v) is 7.40. The highest BCUT2D eigenvalue weighted by Gasteiger charge is 2.08. The van der Waals surface area contributed by atoms with Crippen LogP contribution in [-0.2, 0) is 0 Å². The fraction of sp³-hybridized carbons (Fsp3) is 0.500. The molecule has 0 radical (unpaired) electrons. The molecule has 0 saturated heterocycles. The molecule has 0 bridgehead atoms. The third-order valence-corrected chi connectivity index (χ3v) is 3.78. The number of hydrogen-bond donors (Lipinski definition) is 2. The van der Waals surface area contributed by atoms with Crippen LogP contribution in [0.3, 0.4) is 0 Å². The molecule has 3 nitrogen and oxygen atoms in total. The number of hydrogen-bond acceptors (Lipinski definition) is 3. The van der Waals surface area contributed by atoms with Crippen molar-refractivity contribution in [2.24, 2.45) is 0 Å². The van der Waals surface area contributed by atoms with E-state index >= 15 is 0 Å². The lowest BCUT2D eigenvalue weighted by atomic mass is 10.2. The van der Waals surface area contributed by atoms with E-state index in [1.807, 2.05) is 12.1 Å². The van der Waals surface area contributed by atoms with Crippen LogP contribution in [0.5, 0.6) is 0 Å². The summed E-state index contributed by atoms with van der Waals surface area (Å²) < 4.78 is 0. The predicted molar refractivity (Wildman–Crippen MR) is 76.5 cm³/mol. The van der Waals surface area contributed by atoms with Crippen LogP contribution in [0.4, 0.5) is 0 Å². The van der Waals surface area contributed by atoms with Crippen LogP contribution < -0.4 is 5.32 Å². The summed E-state index contributed by atoms with van der Waals surface area (Å²) in [7, 11) is 0. The van der Waals surface area contributed by atoms with Crippen LogP contribution in [0.15, 0.2) is 29.2 Å². The van der Waals surface area contributed by atoms with E-state index in [1.54, 1.807) is 23.9 Å². The third-order valence-electron chi connectivity index (χ3n) is 2.62. The minimum absolute atomic E-state index is 0.412. The lowest BCUT2D eigenvalue weighted by Crippen LogP contribution is -2.13. The van der Waals surface area contributed by atoms with Crippen molar-refractivity contribution in [2.75, 3.05) is 18.8 Å². The summed E-state index contributed by atoms with van der Waals surface area (Å²) in [5.41, 5.74) is 0.412. The number of thioether (sulfide) groups is 1. The van der Waals surface area contributed by atoms with Gasteiger partial charge in [0.15, 0.2) is 0 Å². The zero-order chi connectivity index (χ0) is 13.2. The van der Waals surface area contributed by atoms with E-state index in [4.69, 9.17) is 5.11 Å². The van der Waals surface area contributed by atoms with E-state index in [1.165, 1.54) is 12.8 Å². The van der Waals surface area contributed by atoms with Gasteiger partial charge in [0.05, 0.1) is 5.56 Å². The second kappa shape index (κ2) is 9.00. The fourth-order valence-electron chi connectivity index (χ4n) is 1.66. The molecule has 0 fully saturated rings. The number of rotatable bonds is 9. The van der Waals surface area contributed by atoms with Crippen molar-refractivity contribution in [3.63, 3.8) is 0 Å². The summed E-state index contributed by atoms with van der Waals surface area (Å²) >= 11 is 1.64. The van der Waals surface area contributed by atoms with Crippen molar-refractivity contribution in [2.45, 2.75) is 31.1 Å². The SMILES string of the molecule is CCNCCCCCSc1ccccc1C(=O)O. The minimum Gasteiger partial charge on any atom is -0.478 e. The van der Waals surface area contributed by atoms with Gasteiger partial charge in [0.1, 0.15) is 0 Å². The Balaban J connectivity index is 2.25. The summed E-state index contributed by atoms with van der Waals surface area (Å²) in [6.45, 7) is 4.21. The molecule has 2 N–H and O–H groups in total. The van der Waals surface area contributed by atoms with Crippen molar-refractivity contribution in [1.29, 1.82) is 0 Å². The second-order valence-corrected chi connectivity index (χ2v) is 5.20. The lowest BCUT2D eigenvalue weighted by molar-refractivity contribution is 0.0693. The van der Waals surface area contributed by atoms with Crippen molar-refractivity contribution < 1.29 is 9.90 Å². The molecule has 0 saturated carbocycles. The number of aromatic carboxylic acids is 1. The maximum absolute atomic E-state index is 11.0. The van der Waals surface area contributed by atoms with Crippen LogP contribution in [0.25, 0.3) is 0 Å². The van der Waals surface area contributed by atoms with E-state index in [2.05, 4.69) is 12.2 Å². The summed E-state index contributed by atoms with van der Waals surface area (Å²) in [5.74, 6) is 0.140. The Labute approximate surface area is 113 Å². The first-order valence-electron chi connectivity index (χ1n) is 6.41. The molecule has 0 amide bonds. The topological polar surface area (TPSA) is 49.3 Å². The van der Waals surface area contributed by atoms with Crippen molar-refractivity contribution in [3.05, 3.63) is 29.8 Å². The molecule has 100 valence electrons. The van der Waals surface area contributed by atoms with Crippen LogP contribution in [0.2, 0.25) is 0 Å². The molecular weight excluding hydrogens is 246 g/mol. The van der Waals surface area contributed by atoms with Crippen molar-refractivity contribution in [1.82, 2.24) is 5.32 Å². The largest absolute Gasteiger partial charge is 0.478 e. The molecule has 4 heteroatoms. The number of carboxylic acid groups (broad SMARTS) is 1. The summed E-state index contributed by atoms with van der Waals surface area (Å²) in [6, 6.07) is 7.20. The fourth-order valence-corrected chi connectivity index (χ4v) is 2.71. The number of carbonyl (C=O) groups is 1. The Morgan fingerprint density at radius 2 is 2.06 bits per heavy atom. The molecular formula is C14H21NO2S. The van der Waals surface area contributed by atoms with Gasteiger partial charge in [-0.05, 0) is 43.8 Å². The quantitative estimate of drug-likeness (QED) is 0.532. The smallest absolute Gasteiger partial charge is 0.336 e. The Bertz CT molecular complexity index is 369. The van der Waals surface area contributed by atoms with Gasteiger partial charge in [-0.2, -0.15) is 0 Å². The highest BCUT2D eigenvalue weighted by molar-refractivity contribution is 7.99. The molecule has 0 unspecified atom stereocenters. The summed E-state index contributed by atoms with van der Waals surface area (Å²) in [5, 5.41) is 12.3. The number of benzene rings is 1. The molecule has 1 rings (SSSR count). The molecule has 0 heterocycles. The van der Waals surface area contributed by atoms with Gasteiger partial charge in [0.2, 0.25) is 0 Å². The maximum Gasteiger partial charge on any atom is 0.336 e. The predicted octanol–water partition coefficient (Wildman–Crippen LogP) is 3.26. The molecule has 18 heavy (non-hydrogen) atoms. The average Bonchev–Trinajstić information content (AvgIpc) is 2.38. The van der Waals surface area contributed by atoms with Crippen molar-refractivity contribution in [3.8, 4) is 0 Å². The molecule has 1 aromatic rings. The van der Waals surface area contributed by atoms with E-state index in [9.17, 15) is 4.79 Å². The highest BCUT2D eigenvalue weighted by Crippen LogP contribution is 2.23. The highest BCUT2D eigenvalue weighted by atomic mass is 32.2. The maximum atomic E-state index is 11.0. The zero-order valence-electron chi connectivity index (χ0n) is 10.8. The molecule has 0 spiro atoms. The standard InChI is InChI=1S/C14H21NO2S/c1-2-15-10-6-3-7-11-18-13-9-5-4-8-12(13)14(16)17/h4-5,8-9,15H,2-3,6-7,10-11H2,1H3,(H,16,17). The Hall–Kier alpha value is -1.00. The monoisotopic (exact) mass is 267 g/mol. The third kappa shape index (κ3) is 5.56. The molecule has 0 atom stereocenters. The van der Waals surface area contributed by atoms with Gasteiger partial charge in [-0.3, -0.25) is 0 Å². The molecule has 1 aromatic carbocycles. The Morgan fingerprint density at radius 1 is 1.28 bits per heavy atom. The van der Waals surface area contributed by atoms with Gasteiger partial charge in [-0.1, -0.05) is 25.5 Å². The first kappa shape index (κ1) is 15.1. The first-order chi connectivity index (χ1) is 8.75. The molecule has 0 aliphatic carbocycles. The molecule has 0 aliphatic heterocycles. The van der Waals surface area contributed by atoms with E-state index in [0.29, 0.717) is 5.56 Å². The van der Waals surface area contributed by atoms with Gasteiger partial charge in [-0.15, -0.1) is 11.8 Å². The summed E-state index contributed by atoms with van der Waals surface area (Å²) in [6.07, 6.45) is 3.51. The van der Waals surface area contributed by atoms with E-state index in [0.717, 1.165) is 30.2 Å².